The van der Waals surface area contributed by atoms with Crippen molar-refractivity contribution in [3.63, 3.8) is 0 Å². The summed E-state index contributed by atoms with van der Waals surface area (Å²) in [5.74, 6) is -0.391. The maximum Gasteiger partial charge on any atom is 0.270 e. The van der Waals surface area contributed by atoms with E-state index in [-0.39, 0.29) is 16.9 Å². The number of non-ortho nitro benzene ring substituents is 1. The number of benzene rings is 1. The molecule has 0 saturated carbocycles. The molecule has 0 heterocycles. The van der Waals surface area contributed by atoms with Crippen molar-refractivity contribution < 1.29 is 14.5 Å². The average molecular weight is 281 g/mol. The molecule has 0 aliphatic carbocycles. The normalized spacial score (nSPS) is 10.2. The fourth-order valence-corrected chi connectivity index (χ4v) is 1.70. The molecule has 0 aromatic heterocycles. The molecule has 0 saturated heterocycles. The fraction of sp³-hybridized carbons (Fsp3) is 0.462. The Morgan fingerprint density at radius 3 is 2.80 bits per heavy atom. The second-order valence-electron chi connectivity index (χ2n) is 4.34. The Morgan fingerprint density at radius 1 is 1.40 bits per heavy atom. The van der Waals surface area contributed by atoms with Crippen LogP contribution in [0.25, 0.3) is 0 Å². The Hall–Kier alpha value is -2.15. The van der Waals surface area contributed by atoms with Crippen LogP contribution in [0.2, 0.25) is 0 Å². The number of nitrogens with two attached hydrogens (primary N) is 1. The molecule has 3 N–H and O–H groups in total. The first kappa shape index (κ1) is 15.9. The molecular formula is C13H19N3O4. The molecule has 1 rings (SSSR count). The van der Waals surface area contributed by atoms with Crippen LogP contribution in [0.15, 0.2) is 18.2 Å². The van der Waals surface area contributed by atoms with E-state index in [1.807, 2.05) is 0 Å². The first-order valence-corrected chi connectivity index (χ1v) is 6.37. The highest BCUT2D eigenvalue weighted by atomic mass is 16.6. The predicted molar refractivity (Wildman–Crippen MR) is 75.6 cm³/mol. The number of nitrogen functional groups attached to an aromatic ring is 1. The molecule has 20 heavy (non-hydrogen) atoms. The lowest BCUT2D eigenvalue weighted by molar-refractivity contribution is -0.384. The van der Waals surface area contributed by atoms with Crippen LogP contribution in [0.4, 0.5) is 11.4 Å². The summed E-state index contributed by atoms with van der Waals surface area (Å²) in [5, 5.41) is 13.4. The molecule has 1 aromatic rings. The van der Waals surface area contributed by atoms with E-state index in [2.05, 4.69) is 5.32 Å². The number of amides is 1. The van der Waals surface area contributed by atoms with Crippen LogP contribution >= 0.6 is 0 Å². The van der Waals surface area contributed by atoms with Gasteiger partial charge in [-0.15, -0.1) is 0 Å². The summed E-state index contributed by atoms with van der Waals surface area (Å²) in [4.78, 5) is 22.0. The number of nitro groups is 1. The minimum absolute atomic E-state index is 0.135. The highest BCUT2D eigenvalue weighted by Gasteiger charge is 2.14. The van der Waals surface area contributed by atoms with Crippen LogP contribution < -0.4 is 11.1 Å². The molecule has 0 aliphatic rings. The molecule has 0 fully saturated rings. The SMILES string of the molecule is COCCCCCNC(=O)c1cc([N+](=O)[O-])ccc1N. The number of unbranched alkanes of at least 4 members (excludes halogenated alkanes) is 2. The van der Waals surface area contributed by atoms with E-state index in [9.17, 15) is 14.9 Å². The van der Waals surface area contributed by atoms with E-state index < -0.39 is 10.8 Å². The van der Waals surface area contributed by atoms with Crippen molar-refractivity contribution >= 4 is 17.3 Å². The summed E-state index contributed by atoms with van der Waals surface area (Å²) in [5.41, 5.74) is 5.88. The van der Waals surface area contributed by atoms with Gasteiger partial charge in [-0.3, -0.25) is 14.9 Å². The summed E-state index contributed by atoms with van der Waals surface area (Å²) in [6.45, 7) is 1.20. The second-order valence-corrected chi connectivity index (χ2v) is 4.34. The van der Waals surface area contributed by atoms with Crippen LogP contribution in [0, 0.1) is 10.1 Å². The Balaban J connectivity index is 2.50. The molecule has 7 nitrogen and oxygen atoms in total. The summed E-state index contributed by atoms with van der Waals surface area (Å²) >= 11 is 0. The van der Waals surface area contributed by atoms with Gasteiger partial charge in [0.2, 0.25) is 0 Å². The zero-order chi connectivity index (χ0) is 15.0. The van der Waals surface area contributed by atoms with Crippen molar-refractivity contribution in [2.24, 2.45) is 0 Å². The van der Waals surface area contributed by atoms with E-state index in [0.29, 0.717) is 13.2 Å². The minimum atomic E-state index is -0.555. The van der Waals surface area contributed by atoms with Crippen LogP contribution in [0.1, 0.15) is 29.6 Å². The number of nitro benzene ring substituents is 1. The lowest BCUT2D eigenvalue weighted by Gasteiger charge is -2.07. The predicted octanol–water partition coefficient (Wildman–Crippen LogP) is 1.72. The quantitative estimate of drug-likeness (QED) is 0.326. The smallest absolute Gasteiger partial charge is 0.270 e. The van der Waals surface area contributed by atoms with Gasteiger partial charge in [-0.1, -0.05) is 0 Å². The van der Waals surface area contributed by atoms with E-state index in [1.54, 1.807) is 7.11 Å². The lowest BCUT2D eigenvalue weighted by Crippen LogP contribution is -2.25. The lowest BCUT2D eigenvalue weighted by atomic mass is 10.1. The van der Waals surface area contributed by atoms with Crippen LogP contribution in [-0.2, 0) is 4.74 Å². The number of ether oxygens (including phenoxy) is 1. The zero-order valence-electron chi connectivity index (χ0n) is 11.4. The van der Waals surface area contributed by atoms with Gasteiger partial charge >= 0.3 is 0 Å². The van der Waals surface area contributed by atoms with Gasteiger partial charge in [0.05, 0.1) is 10.5 Å². The second kappa shape index (κ2) is 8.11. The van der Waals surface area contributed by atoms with Gasteiger partial charge in [0, 0.05) is 38.1 Å². The maximum absolute atomic E-state index is 11.9. The zero-order valence-corrected chi connectivity index (χ0v) is 11.4. The number of nitrogens with zero attached hydrogens (tertiary/aromatic N) is 1. The summed E-state index contributed by atoms with van der Waals surface area (Å²) < 4.78 is 4.92. The third kappa shape index (κ3) is 4.85. The number of carbonyl (C=O) groups is 1. The molecule has 110 valence electrons. The van der Waals surface area contributed by atoms with E-state index in [4.69, 9.17) is 10.5 Å². The van der Waals surface area contributed by atoms with Crippen molar-refractivity contribution in [2.45, 2.75) is 19.3 Å². The maximum atomic E-state index is 11.9. The van der Waals surface area contributed by atoms with Crippen LogP contribution in [0.5, 0.6) is 0 Å². The van der Waals surface area contributed by atoms with E-state index >= 15 is 0 Å². The third-order valence-corrected chi connectivity index (χ3v) is 2.80. The molecule has 0 spiro atoms. The summed E-state index contributed by atoms with van der Waals surface area (Å²) in [6, 6.07) is 3.83. The van der Waals surface area contributed by atoms with Crippen LogP contribution in [-0.4, -0.2) is 31.1 Å². The first-order valence-electron chi connectivity index (χ1n) is 6.37. The van der Waals surface area contributed by atoms with Gasteiger partial charge < -0.3 is 15.8 Å². The van der Waals surface area contributed by atoms with Crippen molar-refractivity contribution in [1.82, 2.24) is 5.32 Å². The molecule has 0 atom stereocenters. The number of hydrogen-bond donors (Lipinski definition) is 2. The standard InChI is InChI=1S/C13H19N3O4/c1-20-8-4-2-3-7-15-13(17)11-9-10(16(18)19)5-6-12(11)14/h5-6,9H,2-4,7-8,14H2,1H3,(H,15,17). The van der Waals surface area contributed by atoms with Crippen molar-refractivity contribution in [1.29, 1.82) is 0 Å². The molecular weight excluding hydrogens is 262 g/mol. The fourth-order valence-electron chi connectivity index (χ4n) is 1.70. The van der Waals surface area contributed by atoms with Gasteiger partial charge in [0.25, 0.3) is 11.6 Å². The molecule has 7 heteroatoms. The molecule has 0 aliphatic heterocycles. The number of hydrogen-bond acceptors (Lipinski definition) is 5. The van der Waals surface area contributed by atoms with E-state index in [1.165, 1.54) is 18.2 Å². The highest BCUT2D eigenvalue weighted by Crippen LogP contribution is 2.19. The molecule has 1 aromatic carbocycles. The Bertz CT molecular complexity index is 477. The Kier molecular flexibility index (Phi) is 6.45. The number of rotatable bonds is 8. The van der Waals surface area contributed by atoms with Crippen LogP contribution in [0.3, 0.4) is 0 Å². The number of carbonyl (C=O) groups excluding carboxylic acids is 1. The third-order valence-electron chi connectivity index (χ3n) is 2.80. The largest absolute Gasteiger partial charge is 0.398 e. The number of methoxy groups -OCH3 is 1. The minimum Gasteiger partial charge on any atom is -0.398 e. The Morgan fingerprint density at radius 2 is 2.15 bits per heavy atom. The molecule has 0 radical (unpaired) electrons. The van der Waals surface area contributed by atoms with Gasteiger partial charge in [-0.05, 0) is 25.3 Å². The van der Waals surface area contributed by atoms with Gasteiger partial charge in [-0.25, -0.2) is 0 Å². The van der Waals surface area contributed by atoms with Gasteiger partial charge in [0.1, 0.15) is 0 Å². The number of nitrogens with one attached hydrogen (secondary N) is 1. The average Bonchev–Trinajstić information content (AvgIpc) is 2.42. The molecule has 0 bridgehead atoms. The van der Waals surface area contributed by atoms with Gasteiger partial charge in [0.15, 0.2) is 0 Å². The monoisotopic (exact) mass is 281 g/mol. The van der Waals surface area contributed by atoms with Crippen molar-refractivity contribution in [3.8, 4) is 0 Å². The van der Waals surface area contributed by atoms with Gasteiger partial charge in [-0.2, -0.15) is 0 Å². The number of anilines is 1. The molecule has 0 unspecified atom stereocenters. The van der Waals surface area contributed by atoms with E-state index in [0.717, 1.165) is 19.3 Å². The Labute approximate surface area is 117 Å². The summed E-state index contributed by atoms with van der Waals surface area (Å²) in [7, 11) is 1.65. The topological polar surface area (TPSA) is 107 Å². The van der Waals surface area contributed by atoms with Crippen molar-refractivity contribution in [3.05, 3.63) is 33.9 Å². The summed E-state index contributed by atoms with van der Waals surface area (Å²) in [6.07, 6.45) is 2.70. The molecule has 1 amide bonds. The first-order chi connectivity index (χ1) is 9.56. The highest BCUT2D eigenvalue weighted by molar-refractivity contribution is 5.99. The van der Waals surface area contributed by atoms with Crippen molar-refractivity contribution in [2.75, 3.05) is 26.0 Å².